The summed E-state index contributed by atoms with van der Waals surface area (Å²) in [5.74, 6) is 0. The van der Waals surface area contributed by atoms with Crippen LogP contribution in [0.15, 0.2) is 0 Å². The quantitative estimate of drug-likeness (QED) is 0.655. The molecule has 0 unspecified atom stereocenters. The van der Waals surface area contributed by atoms with E-state index in [9.17, 15) is 0 Å². The van der Waals surface area contributed by atoms with Crippen LogP contribution in [0.5, 0.6) is 0 Å². The van der Waals surface area contributed by atoms with Gasteiger partial charge in [0.15, 0.2) is 0 Å². The first-order valence-corrected chi connectivity index (χ1v) is 10.0. The van der Waals surface area contributed by atoms with Gasteiger partial charge in [-0.25, -0.2) is 0 Å². The van der Waals surface area contributed by atoms with Gasteiger partial charge in [-0.2, -0.15) is 0 Å². The Balaban J connectivity index is 4.01. The molecule has 0 bridgehead atoms. The van der Waals surface area contributed by atoms with Gasteiger partial charge >= 0.3 is 67.8 Å². The normalized spacial score (nSPS) is 13.3. The fourth-order valence-corrected chi connectivity index (χ4v) is 2.08. The minimum atomic E-state index is -2.72. The van der Waals surface area contributed by atoms with E-state index in [-0.39, 0.29) is 0 Å². The van der Waals surface area contributed by atoms with E-state index < -0.39 is 11.9 Å². The Kier molecular flexibility index (Phi) is 3.84. The Morgan fingerprint density at radius 2 is 1.11 bits per heavy atom. The molecule has 0 aromatic carbocycles. The van der Waals surface area contributed by atoms with Crippen LogP contribution < -0.4 is 0 Å². The van der Waals surface area contributed by atoms with Crippen molar-refractivity contribution in [1.29, 1.82) is 0 Å². The third-order valence-electron chi connectivity index (χ3n) is 1.08. The zero-order valence-electron chi connectivity index (χ0n) is 6.15. The van der Waals surface area contributed by atoms with Crippen LogP contribution in [0.2, 0.25) is 0 Å². The van der Waals surface area contributed by atoms with Crippen molar-refractivity contribution < 1.29 is 0 Å². The molecule has 0 fully saturated rings. The van der Waals surface area contributed by atoms with Crippen LogP contribution in [0.4, 0.5) is 0 Å². The van der Waals surface area contributed by atoms with Crippen molar-refractivity contribution in [2.24, 2.45) is 0 Å². The number of hydrogen-bond acceptors (Lipinski definition) is 2. The van der Waals surface area contributed by atoms with E-state index in [4.69, 9.17) is 20.0 Å². The molecule has 0 aromatic heterocycles. The molecule has 2 nitrogen and oxygen atoms in total. The van der Waals surface area contributed by atoms with Crippen molar-refractivity contribution in [2.45, 2.75) is 0 Å². The van der Waals surface area contributed by atoms with Crippen molar-refractivity contribution in [2.75, 3.05) is 28.2 Å². The molecule has 0 saturated heterocycles. The summed E-state index contributed by atoms with van der Waals surface area (Å²) in [6.45, 7) is 0. The fraction of sp³-hybridized carbons (Fsp3) is 1.00. The molecule has 0 aliphatic rings. The molecule has 0 saturated carbocycles. The van der Waals surface area contributed by atoms with E-state index in [0.717, 1.165) is 0 Å². The second kappa shape index (κ2) is 3.44. The van der Waals surface area contributed by atoms with Gasteiger partial charge in [0.25, 0.3) is 0 Å². The first kappa shape index (κ1) is 10.0. The molecule has 0 radical (unpaired) electrons. The van der Waals surface area contributed by atoms with E-state index in [1.807, 2.05) is 35.9 Å². The van der Waals surface area contributed by atoms with E-state index in [1.54, 1.807) is 0 Å². The topological polar surface area (TPSA) is 6.48 Å². The molecule has 0 heterocycles. The molecule has 0 amide bonds. The summed E-state index contributed by atoms with van der Waals surface area (Å²) in [5.41, 5.74) is 0. The SMILES string of the molecule is C[N](C)[Ge]([Cl])([Cl])[N](C)C. The van der Waals surface area contributed by atoms with Gasteiger partial charge in [-0.05, 0) is 0 Å². The summed E-state index contributed by atoms with van der Waals surface area (Å²) in [4.78, 5) is 0. The molecule has 5 heteroatoms. The molecule has 0 N–H and O–H groups in total. The Morgan fingerprint density at radius 1 is 0.889 bits per heavy atom. The molecular weight excluding hydrogens is 220 g/mol. The summed E-state index contributed by atoms with van der Waals surface area (Å²) in [5, 5.41) is 0. The fourth-order valence-electron chi connectivity index (χ4n) is 0.400. The van der Waals surface area contributed by atoms with Crippen LogP contribution in [0.3, 0.4) is 0 Å². The molecule has 0 aliphatic heterocycles. The molecule has 0 aliphatic carbocycles. The van der Waals surface area contributed by atoms with Crippen LogP contribution in [-0.4, -0.2) is 47.8 Å². The van der Waals surface area contributed by atoms with Crippen LogP contribution in [-0.2, 0) is 0 Å². The summed E-state index contributed by atoms with van der Waals surface area (Å²) in [6, 6.07) is 0. The van der Waals surface area contributed by atoms with Gasteiger partial charge in [0.05, 0.1) is 0 Å². The zero-order chi connectivity index (χ0) is 7.65. The number of nitrogens with zero attached hydrogens (tertiary/aromatic N) is 2. The van der Waals surface area contributed by atoms with Crippen molar-refractivity contribution in [3.63, 3.8) is 0 Å². The van der Waals surface area contributed by atoms with E-state index in [0.29, 0.717) is 0 Å². The van der Waals surface area contributed by atoms with Gasteiger partial charge < -0.3 is 0 Å². The molecule has 0 spiro atoms. The Hall–Kier alpha value is 1.04. The first-order chi connectivity index (χ1) is 3.89. The van der Waals surface area contributed by atoms with Crippen molar-refractivity contribution in [3.8, 4) is 0 Å². The standard InChI is InChI=1S/C4H12Cl2GeN2/c1-8(2)7(5,6)9(3)4/h1-4H3. The predicted octanol–water partition coefficient (Wildman–Crippen LogP) is 1.02. The monoisotopic (exact) mass is 232 g/mol. The van der Waals surface area contributed by atoms with E-state index >= 15 is 0 Å². The predicted molar refractivity (Wildman–Crippen MR) is 44.8 cm³/mol. The van der Waals surface area contributed by atoms with Crippen molar-refractivity contribution in [1.82, 2.24) is 7.71 Å². The van der Waals surface area contributed by atoms with Crippen LogP contribution >= 0.6 is 20.0 Å². The molecule has 0 atom stereocenters. The summed E-state index contributed by atoms with van der Waals surface area (Å²) in [6.07, 6.45) is 0. The summed E-state index contributed by atoms with van der Waals surface area (Å²) < 4.78 is 3.81. The zero-order valence-corrected chi connectivity index (χ0v) is 9.76. The maximum absolute atomic E-state index is 6.01. The van der Waals surface area contributed by atoms with Crippen molar-refractivity contribution >= 4 is 31.9 Å². The Bertz CT molecular complexity index is 84.6. The minimum absolute atomic E-state index is 1.90. The third kappa shape index (κ3) is 2.64. The number of halogens is 2. The molecule has 9 heavy (non-hydrogen) atoms. The average Bonchev–Trinajstić information content (AvgIpc) is 1.65. The van der Waals surface area contributed by atoms with E-state index in [2.05, 4.69) is 0 Å². The van der Waals surface area contributed by atoms with Crippen LogP contribution in [0.1, 0.15) is 0 Å². The first-order valence-electron chi connectivity index (χ1n) is 2.61. The number of hydrogen-bond donors (Lipinski definition) is 0. The van der Waals surface area contributed by atoms with Crippen LogP contribution in [0.25, 0.3) is 0 Å². The molecule has 0 aromatic rings. The summed E-state index contributed by atoms with van der Waals surface area (Å²) in [7, 11) is 19.6. The number of rotatable bonds is 2. The second-order valence-corrected chi connectivity index (χ2v) is 14.7. The van der Waals surface area contributed by atoms with E-state index in [1.165, 1.54) is 0 Å². The maximum atomic E-state index is 6.01. The average molecular weight is 232 g/mol. The molecular formula is C4H12Cl2GeN2. The molecule has 56 valence electrons. The van der Waals surface area contributed by atoms with Gasteiger partial charge in [-0.3, -0.25) is 0 Å². The van der Waals surface area contributed by atoms with Crippen LogP contribution in [0, 0.1) is 0 Å². The van der Waals surface area contributed by atoms with Gasteiger partial charge in [0, 0.05) is 0 Å². The summed E-state index contributed by atoms with van der Waals surface area (Å²) >= 11 is -2.72. The Morgan fingerprint density at radius 3 is 1.11 bits per heavy atom. The van der Waals surface area contributed by atoms with Gasteiger partial charge in [-0.15, -0.1) is 0 Å². The van der Waals surface area contributed by atoms with Gasteiger partial charge in [0.1, 0.15) is 0 Å². The third-order valence-corrected chi connectivity index (χ3v) is 12.6. The molecule has 0 rings (SSSR count). The van der Waals surface area contributed by atoms with Gasteiger partial charge in [-0.1, -0.05) is 0 Å². The Labute approximate surface area is 67.9 Å². The van der Waals surface area contributed by atoms with Gasteiger partial charge in [0.2, 0.25) is 0 Å². The van der Waals surface area contributed by atoms with Crippen molar-refractivity contribution in [3.05, 3.63) is 0 Å². The second-order valence-electron chi connectivity index (χ2n) is 2.30.